The van der Waals surface area contributed by atoms with Crippen molar-refractivity contribution in [2.75, 3.05) is 0 Å². The number of halogens is 1. The van der Waals surface area contributed by atoms with Crippen LogP contribution in [0.15, 0.2) is 42.5 Å². The third-order valence-corrected chi connectivity index (χ3v) is 3.50. The molecule has 1 fully saturated rings. The van der Waals surface area contributed by atoms with E-state index < -0.39 is 0 Å². The zero-order valence-corrected chi connectivity index (χ0v) is 11.7. The lowest BCUT2D eigenvalue weighted by atomic mass is 10.2. The SMILES string of the molecule is OCc1ccc(Oc2ccc(CNC3CC3)cc2F)cc1. The number of nitrogens with one attached hydrogen (secondary N) is 1. The first kappa shape index (κ1) is 14.0. The summed E-state index contributed by atoms with van der Waals surface area (Å²) in [7, 11) is 0. The van der Waals surface area contributed by atoms with Gasteiger partial charge in [-0.1, -0.05) is 18.2 Å². The van der Waals surface area contributed by atoms with Crippen molar-refractivity contribution in [1.29, 1.82) is 0 Å². The fraction of sp³-hybridized carbons (Fsp3) is 0.294. The molecule has 0 aliphatic heterocycles. The van der Waals surface area contributed by atoms with Crippen molar-refractivity contribution in [3.05, 3.63) is 59.4 Å². The Balaban J connectivity index is 1.66. The molecule has 0 amide bonds. The van der Waals surface area contributed by atoms with E-state index >= 15 is 0 Å². The van der Waals surface area contributed by atoms with Crippen LogP contribution in [0.4, 0.5) is 4.39 Å². The maximum atomic E-state index is 14.0. The van der Waals surface area contributed by atoms with E-state index in [1.165, 1.54) is 18.9 Å². The number of aliphatic hydroxyl groups is 1. The monoisotopic (exact) mass is 287 g/mol. The Kier molecular flexibility index (Phi) is 4.18. The first-order valence-electron chi connectivity index (χ1n) is 7.14. The molecule has 4 heteroatoms. The van der Waals surface area contributed by atoms with Gasteiger partial charge in [-0.25, -0.2) is 4.39 Å². The largest absolute Gasteiger partial charge is 0.454 e. The van der Waals surface area contributed by atoms with Gasteiger partial charge in [-0.3, -0.25) is 0 Å². The molecule has 21 heavy (non-hydrogen) atoms. The van der Waals surface area contributed by atoms with Crippen molar-refractivity contribution >= 4 is 0 Å². The summed E-state index contributed by atoms with van der Waals surface area (Å²) in [6, 6.07) is 12.6. The minimum atomic E-state index is -0.365. The second-order valence-corrected chi connectivity index (χ2v) is 5.32. The van der Waals surface area contributed by atoms with Crippen LogP contribution in [0.2, 0.25) is 0 Å². The van der Waals surface area contributed by atoms with E-state index in [1.807, 2.05) is 6.07 Å². The fourth-order valence-electron chi connectivity index (χ4n) is 2.08. The van der Waals surface area contributed by atoms with Crippen LogP contribution < -0.4 is 10.1 Å². The molecule has 0 radical (unpaired) electrons. The summed E-state index contributed by atoms with van der Waals surface area (Å²) in [5.74, 6) is 0.396. The minimum Gasteiger partial charge on any atom is -0.454 e. The maximum Gasteiger partial charge on any atom is 0.166 e. The molecule has 2 aromatic carbocycles. The molecule has 1 aliphatic carbocycles. The van der Waals surface area contributed by atoms with E-state index in [-0.39, 0.29) is 18.2 Å². The number of aliphatic hydroxyl groups excluding tert-OH is 1. The van der Waals surface area contributed by atoms with Crippen LogP contribution in [-0.2, 0) is 13.2 Å². The lowest BCUT2D eigenvalue weighted by molar-refractivity contribution is 0.281. The van der Waals surface area contributed by atoms with E-state index in [1.54, 1.807) is 30.3 Å². The van der Waals surface area contributed by atoms with Gasteiger partial charge in [0.05, 0.1) is 6.61 Å². The van der Waals surface area contributed by atoms with Gasteiger partial charge in [0, 0.05) is 12.6 Å². The van der Waals surface area contributed by atoms with Crippen LogP contribution in [0.5, 0.6) is 11.5 Å². The first-order chi connectivity index (χ1) is 10.2. The zero-order chi connectivity index (χ0) is 14.7. The maximum absolute atomic E-state index is 14.0. The summed E-state index contributed by atoms with van der Waals surface area (Å²) in [4.78, 5) is 0. The average molecular weight is 287 g/mol. The molecular weight excluding hydrogens is 269 g/mol. The second kappa shape index (κ2) is 6.24. The van der Waals surface area contributed by atoms with Gasteiger partial charge in [-0.15, -0.1) is 0 Å². The number of ether oxygens (including phenoxy) is 1. The van der Waals surface area contributed by atoms with Crippen LogP contribution in [0.3, 0.4) is 0 Å². The second-order valence-electron chi connectivity index (χ2n) is 5.32. The molecule has 0 heterocycles. The van der Waals surface area contributed by atoms with Crippen molar-refractivity contribution in [1.82, 2.24) is 5.32 Å². The van der Waals surface area contributed by atoms with Crippen molar-refractivity contribution in [2.45, 2.75) is 32.0 Å². The van der Waals surface area contributed by atoms with Gasteiger partial charge in [-0.2, -0.15) is 0 Å². The van der Waals surface area contributed by atoms with E-state index in [0.29, 0.717) is 18.3 Å². The quantitative estimate of drug-likeness (QED) is 0.856. The highest BCUT2D eigenvalue weighted by molar-refractivity contribution is 5.35. The van der Waals surface area contributed by atoms with Gasteiger partial charge < -0.3 is 15.2 Å². The average Bonchev–Trinajstić information content (AvgIpc) is 3.33. The summed E-state index contributed by atoms with van der Waals surface area (Å²) in [5.41, 5.74) is 1.71. The lowest BCUT2D eigenvalue weighted by Gasteiger charge is -2.09. The Labute approximate surface area is 123 Å². The highest BCUT2D eigenvalue weighted by atomic mass is 19.1. The Hall–Kier alpha value is -1.91. The number of rotatable bonds is 6. The van der Waals surface area contributed by atoms with Crippen LogP contribution in [0.25, 0.3) is 0 Å². The van der Waals surface area contributed by atoms with Crippen molar-refractivity contribution in [3.63, 3.8) is 0 Å². The molecule has 2 N–H and O–H groups in total. The summed E-state index contributed by atoms with van der Waals surface area (Å²) in [6.07, 6.45) is 2.43. The molecule has 110 valence electrons. The van der Waals surface area contributed by atoms with Crippen molar-refractivity contribution in [3.8, 4) is 11.5 Å². The molecule has 0 saturated heterocycles. The molecular formula is C17H18FNO2. The lowest BCUT2D eigenvalue weighted by Crippen LogP contribution is -2.15. The Bertz CT molecular complexity index is 609. The Morgan fingerprint density at radius 3 is 2.43 bits per heavy atom. The van der Waals surface area contributed by atoms with Gasteiger partial charge in [0.2, 0.25) is 0 Å². The van der Waals surface area contributed by atoms with Crippen LogP contribution in [-0.4, -0.2) is 11.1 Å². The molecule has 1 saturated carbocycles. The summed E-state index contributed by atoms with van der Waals surface area (Å²) in [6.45, 7) is 0.671. The molecule has 3 nitrogen and oxygen atoms in total. The van der Waals surface area contributed by atoms with Crippen molar-refractivity contribution in [2.24, 2.45) is 0 Å². The van der Waals surface area contributed by atoms with E-state index in [4.69, 9.17) is 9.84 Å². The Morgan fingerprint density at radius 2 is 1.81 bits per heavy atom. The number of hydrogen-bond donors (Lipinski definition) is 2. The smallest absolute Gasteiger partial charge is 0.166 e. The zero-order valence-electron chi connectivity index (χ0n) is 11.7. The predicted octanol–water partition coefficient (Wildman–Crippen LogP) is 3.36. The standard InChI is InChI=1S/C17H18FNO2/c18-16-9-13(10-19-14-4-5-14)3-8-17(16)21-15-6-1-12(11-20)2-7-15/h1-3,6-9,14,19-20H,4-5,10-11H2. The fourth-order valence-corrected chi connectivity index (χ4v) is 2.08. The molecule has 0 unspecified atom stereocenters. The van der Waals surface area contributed by atoms with Crippen molar-refractivity contribution < 1.29 is 14.2 Å². The van der Waals surface area contributed by atoms with Crippen LogP contribution in [0, 0.1) is 5.82 Å². The highest BCUT2D eigenvalue weighted by Gasteiger charge is 2.20. The predicted molar refractivity (Wildman–Crippen MR) is 78.7 cm³/mol. The molecule has 0 aromatic heterocycles. The third kappa shape index (κ3) is 3.80. The normalized spacial score (nSPS) is 14.2. The first-order valence-corrected chi connectivity index (χ1v) is 7.14. The van der Waals surface area contributed by atoms with Crippen LogP contribution >= 0.6 is 0 Å². The van der Waals surface area contributed by atoms with E-state index in [0.717, 1.165) is 11.1 Å². The van der Waals surface area contributed by atoms with Crippen LogP contribution in [0.1, 0.15) is 24.0 Å². The van der Waals surface area contributed by atoms with Gasteiger partial charge in [0.15, 0.2) is 11.6 Å². The van der Waals surface area contributed by atoms with Gasteiger partial charge in [0.25, 0.3) is 0 Å². The third-order valence-electron chi connectivity index (χ3n) is 3.50. The molecule has 0 bridgehead atoms. The van der Waals surface area contributed by atoms with Gasteiger partial charge in [-0.05, 0) is 48.2 Å². The van der Waals surface area contributed by atoms with E-state index in [9.17, 15) is 4.39 Å². The molecule has 2 aromatic rings. The summed E-state index contributed by atoms with van der Waals surface area (Å²) < 4.78 is 19.6. The minimum absolute atomic E-state index is 0.0165. The highest BCUT2D eigenvalue weighted by Crippen LogP contribution is 2.26. The summed E-state index contributed by atoms with van der Waals surface area (Å²) in [5, 5.41) is 12.3. The topological polar surface area (TPSA) is 41.5 Å². The van der Waals surface area contributed by atoms with E-state index in [2.05, 4.69) is 5.32 Å². The number of benzene rings is 2. The number of hydrogen-bond acceptors (Lipinski definition) is 3. The molecule has 3 rings (SSSR count). The molecule has 0 atom stereocenters. The van der Waals surface area contributed by atoms with Gasteiger partial charge >= 0.3 is 0 Å². The molecule has 1 aliphatic rings. The summed E-state index contributed by atoms with van der Waals surface area (Å²) >= 11 is 0. The van der Waals surface area contributed by atoms with Gasteiger partial charge in [0.1, 0.15) is 5.75 Å². The molecule has 0 spiro atoms. The Morgan fingerprint density at radius 1 is 1.10 bits per heavy atom.